The number of hydrogen-bond acceptors (Lipinski definition) is 4. The number of rotatable bonds is 0. The highest BCUT2D eigenvalue weighted by atomic mass is 32.2. The van der Waals surface area contributed by atoms with Gasteiger partial charge in [0.1, 0.15) is 0 Å². The van der Waals surface area contributed by atoms with Crippen LogP contribution in [0.15, 0.2) is 16.1 Å². The van der Waals surface area contributed by atoms with Crippen LogP contribution in [0, 0.1) is 0 Å². The summed E-state index contributed by atoms with van der Waals surface area (Å²) in [4.78, 5) is 0. The van der Waals surface area contributed by atoms with Crippen molar-refractivity contribution in [3.63, 3.8) is 0 Å². The third-order valence-corrected chi connectivity index (χ3v) is 2.94. The van der Waals surface area contributed by atoms with E-state index in [-0.39, 0.29) is 18.9 Å². The fourth-order valence-electron chi connectivity index (χ4n) is 0.147. The molecule has 0 bridgehead atoms. The molecule has 1 heterocycles. The van der Waals surface area contributed by atoms with Crippen LogP contribution in [0.5, 0.6) is 0 Å². The van der Waals surface area contributed by atoms with Gasteiger partial charge in [0.2, 0.25) is 0 Å². The van der Waals surface area contributed by atoms with Gasteiger partial charge in [0.05, 0.1) is 0 Å². The highest BCUT2D eigenvalue weighted by molar-refractivity contribution is 7.70. The van der Waals surface area contributed by atoms with Gasteiger partial charge in [-0.15, -0.1) is 0 Å². The van der Waals surface area contributed by atoms with E-state index in [9.17, 15) is 0 Å². The first-order chi connectivity index (χ1) is 4.00. The molecule has 0 saturated heterocycles. The molecular weight excluding hydrogens is 176 g/mol. The molecule has 0 aromatic rings. The minimum atomic E-state index is 0.283. The highest BCUT2D eigenvalue weighted by Crippen LogP contribution is 1.73. The lowest BCUT2D eigenvalue weighted by Gasteiger charge is -1.47. The summed E-state index contributed by atoms with van der Waals surface area (Å²) in [6, 6.07) is 0. The first-order valence-corrected chi connectivity index (χ1v) is 4.87. The van der Waals surface area contributed by atoms with E-state index in [0.717, 1.165) is 0 Å². The van der Waals surface area contributed by atoms with Crippen LogP contribution in [-0.4, -0.2) is 18.9 Å². The standard InChI is InChI=1S/N4S2Si2/c1-5-2-8-4-6-3-7-1/q+2. The lowest BCUT2D eigenvalue weighted by atomic mass is 13.8. The number of nitrogens with zero attached hydrogens (tertiary/aromatic N) is 4. The molecule has 0 amide bonds. The Labute approximate surface area is 58.9 Å². The van der Waals surface area contributed by atoms with Crippen LogP contribution < -0.4 is 0 Å². The van der Waals surface area contributed by atoms with Crippen LogP contribution in [0.1, 0.15) is 0 Å². The summed E-state index contributed by atoms with van der Waals surface area (Å²) in [5, 5.41) is 0. The van der Waals surface area contributed by atoms with Gasteiger partial charge in [-0.25, -0.2) is 0 Å². The smallest absolute Gasteiger partial charge is 0.0117 e. The van der Waals surface area contributed by atoms with Crippen molar-refractivity contribution in [2.45, 2.75) is 0 Å². The summed E-state index contributed by atoms with van der Waals surface area (Å²) < 4.78 is 15.5. The molecule has 2 radical (unpaired) electrons. The van der Waals surface area contributed by atoms with Gasteiger partial charge >= 0.3 is 42.4 Å². The molecule has 4 nitrogen and oxygen atoms in total. The minimum absolute atomic E-state index is 0.283. The van der Waals surface area contributed by atoms with Crippen molar-refractivity contribution >= 4 is 42.4 Å². The molecule has 1 aliphatic rings. The van der Waals surface area contributed by atoms with E-state index in [1.165, 1.54) is 23.5 Å². The summed E-state index contributed by atoms with van der Waals surface area (Å²) in [6.45, 7) is 0. The Morgan fingerprint density at radius 1 is 0.875 bits per heavy atom. The van der Waals surface area contributed by atoms with Crippen LogP contribution in [-0.2, 0) is 23.5 Å². The topological polar surface area (TPSA) is 49.4 Å². The molecule has 0 N–H and O–H groups in total. The average Bonchev–Trinajstić information content (AvgIpc) is 1.62. The van der Waals surface area contributed by atoms with E-state index >= 15 is 0 Å². The third-order valence-electron chi connectivity index (χ3n) is 0.327. The molecule has 0 spiro atoms. The zero-order valence-electron chi connectivity index (χ0n) is 3.61. The van der Waals surface area contributed by atoms with Crippen molar-refractivity contribution < 1.29 is 0 Å². The lowest BCUT2D eigenvalue weighted by Crippen LogP contribution is -1.73. The Hall–Kier alpha value is 0.0738. The molecule has 0 saturated carbocycles. The maximum atomic E-state index is 3.87. The maximum Gasteiger partial charge on any atom is 0.489 e. The predicted molar refractivity (Wildman–Crippen MR) is 36.0 cm³/mol. The van der Waals surface area contributed by atoms with E-state index < -0.39 is 0 Å². The van der Waals surface area contributed by atoms with Gasteiger partial charge < -0.3 is 0 Å². The van der Waals surface area contributed by atoms with E-state index in [1.807, 2.05) is 0 Å². The fourth-order valence-corrected chi connectivity index (χ4v) is 2.66. The second-order valence-electron chi connectivity index (χ2n) is 0.728. The lowest BCUT2D eigenvalue weighted by molar-refractivity contribution is 1.80. The molecule has 1 rings (SSSR count). The number of hydrogen-bond donors (Lipinski definition) is 0. The maximum absolute atomic E-state index is 3.87. The van der Waals surface area contributed by atoms with Crippen LogP contribution in [0.4, 0.5) is 0 Å². The van der Waals surface area contributed by atoms with Crippen LogP contribution >= 0.6 is 0 Å². The zero-order valence-corrected chi connectivity index (χ0v) is 7.24. The quantitative estimate of drug-likeness (QED) is 0.283. The molecule has 0 aromatic heterocycles. The highest BCUT2D eigenvalue weighted by Gasteiger charge is 1.98. The Morgan fingerprint density at radius 2 is 1.38 bits per heavy atom. The molecule has 8 heavy (non-hydrogen) atoms. The van der Waals surface area contributed by atoms with Gasteiger partial charge in [0.15, 0.2) is 0 Å². The van der Waals surface area contributed by atoms with Crippen LogP contribution in [0.25, 0.3) is 0 Å². The molecule has 1 aliphatic heterocycles. The fraction of sp³-hybridized carbons (Fsp3) is 0. The zero-order chi connectivity index (χ0) is 5.66. The van der Waals surface area contributed by atoms with Crippen molar-refractivity contribution in [2.24, 2.45) is 16.1 Å². The van der Waals surface area contributed by atoms with Crippen molar-refractivity contribution in [1.29, 1.82) is 0 Å². The Morgan fingerprint density at radius 3 is 1.88 bits per heavy atom. The second kappa shape index (κ2) is 4.00. The van der Waals surface area contributed by atoms with Gasteiger partial charge in [0, 0.05) is 16.1 Å². The Kier molecular flexibility index (Phi) is 3.10. The van der Waals surface area contributed by atoms with Gasteiger partial charge in [-0.1, -0.05) is 0 Å². The SMILES string of the molecule is N1=[Si]N=[S+]N=[Si]N=[S+]1. The van der Waals surface area contributed by atoms with Gasteiger partial charge in [-0.3, -0.25) is 0 Å². The predicted octanol–water partition coefficient (Wildman–Crippen LogP) is -0.0320. The summed E-state index contributed by atoms with van der Waals surface area (Å²) in [5.74, 6) is 0. The van der Waals surface area contributed by atoms with Crippen molar-refractivity contribution in [1.82, 2.24) is 0 Å². The molecule has 38 valence electrons. The summed E-state index contributed by atoms with van der Waals surface area (Å²) >= 11 is 2.41. The first kappa shape index (κ1) is 6.20. The van der Waals surface area contributed by atoms with E-state index in [2.05, 4.69) is 16.1 Å². The Bertz CT molecular complexity index is 113. The molecular formula is N4S2Si2+2. The third kappa shape index (κ3) is 2.40. The molecule has 8 heteroatoms. The first-order valence-electron chi connectivity index (χ1n) is 1.62. The molecule has 0 aromatic carbocycles. The van der Waals surface area contributed by atoms with Crippen LogP contribution in [0.2, 0.25) is 0 Å². The molecule has 0 fully saturated rings. The van der Waals surface area contributed by atoms with Crippen LogP contribution in [0.3, 0.4) is 0 Å². The second-order valence-corrected chi connectivity index (χ2v) is 4.38. The average molecular weight is 176 g/mol. The molecule has 0 aliphatic carbocycles. The Balaban J connectivity index is 2.67. The monoisotopic (exact) mass is 176 g/mol. The van der Waals surface area contributed by atoms with Gasteiger partial charge in [-0.2, -0.15) is 0 Å². The minimum Gasteiger partial charge on any atom is 0.0117 e. The van der Waals surface area contributed by atoms with Gasteiger partial charge in [0.25, 0.3) is 0 Å². The van der Waals surface area contributed by atoms with E-state index in [4.69, 9.17) is 0 Å². The van der Waals surface area contributed by atoms with Gasteiger partial charge in [-0.05, 0) is 0 Å². The largest absolute Gasteiger partial charge is 0.489 e. The van der Waals surface area contributed by atoms with E-state index in [1.54, 1.807) is 0 Å². The van der Waals surface area contributed by atoms with Crippen molar-refractivity contribution in [2.75, 3.05) is 0 Å². The summed E-state index contributed by atoms with van der Waals surface area (Å²) in [6.07, 6.45) is 0. The normalized spacial score (nSPS) is 16.0. The van der Waals surface area contributed by atoms with Crippen molar-refractivity contribution in [3.05, 3.63) is 0 Å². The molecule has 0 atom stereocenters. The van der Waals surface area contributed by atoms with E-state index in [0.29, 0.717) is 0 Å². The summed E-state index contributed by atoms with van der Waals surface area (Å²) in [5.41, 5.74) is 0. The molecule has 0 unspecified atom stereocenters. The van der Waals surface area contributed by atoms with Crippen molar-refractivity contribution in [3.8, 4) is 0 Å². The summed E-state index contributed by atoms with van der Waals surface area (Å²) in [7, 11) is 0.566.